The van der Waals surface area contributed by atoms with Crippen molar-refractivity contribution in [2.24, 2.45) is 0 Å². The Bertz CT molecular complexity index is 904. The summed E-state index contributed by atoms with van der Waals surface area (Å²) in [6, 6.07) is -3.16. The molecule has 0 spiro atoms. The van der Waals surface area contributed by atoms with E-state index in [1.54, 1.807) is 0 Å². The molecule has 0 N–H and O–H groups in total. The predicted octanol–water partition coefficient (Wildman–Crippen LogP) is 2.31. The van der Waals surface area contributed by atoms with Crippen LogP contribution in [0.5, 0.6) is 0 Å². The molecular weight excluding hydrogens is 270 g/mol. The minimum Gasteiger partial charge on any atom is -0.398 e. The van der Waals surface area contributed by atoms with Crippen LogP contribution >= 0.6 is 0 Å². The van der Waals surface area contributed by atoms with E-state index >= 15 is 0 Å². The normalized spacial score (nSPS) is 24.0. The second-order valence-corrected chi connectivity index (χ2v) is 5.80. The Morgan fingerprint density at radius 1 is 1.14 bits per heavy atom. The Morgan fingerprint density at radius 3 is 2.29 bits per heavy atom. The molecule has 1 aromatic heterocycles. The van der Waals surface area contributed by atoms with E-state index in [1.165, 1.54) is 0 Å². The molecule has 0 atom stereocenters. The molecule has 6 heteroatoms. The lowest BCUT2D eigenvalue weighted by Gasteiger charge is -2.32. The number of benzene rings is 1. The lowest BCUT2D eigenvalue weighted by Crippen LogP contribution is -2.41. The van der Waals surface area contributed by atoms with Crippen molar-refractivity contribution in [1.82, 2.24) is 9.55 Å². The van der Waals surface area contributed by atoms with Gasteiger partial charge < -0.3 is 13.9 Å². The molecule has 0 radical (unpaired) electrons. The van der Waals surface area contributed by atoms with Crippen LogP contribution in [0, 0.1) is 5.82 Å². The predicted molar refractivity (Wildman–Crippen MR) is 79.2 cm³/mol. The van der Waals surface area contributed by atoms with Gasteiger partial charge in [0.05, 0.1) is 30.0 Å². The summed E-state index contributed by atoms with van der Waals surface area (Å²) in [4.78, 5) is 3.97. The molecule has 0 aliphatic carbocycles. The topological polar surface area (TPSA) is 36.3 Å². The van der Waals surface area contributed by atoms with Crippen LogP contribution in [0.2, 0.25) is 0 Å². The molecule has 2 aromatic rings. The summed E-state index contributed by atoms with van der Waals surface area (Å²) in [5, 5.41) is 0. The molecule has 110 valence electrons. The van der Waals surface area contributed by atoms with Gasteiger partial charge in [-0.1, -0.05) is 0 Å². The van der Waals surface area contributed by atoms with Gasteiger partial charge in [0.25, 0.3) is 0 Å². The van der Waals surface area contributed by atoms with Gasteiger partial charge in [0.2, 0.25) is 0 Å². The third-order valence-corrected chi connectivity index (χ3v) is 3.78. The minimum atomic E-state index is -1.29. The van der Waals surface area contributed by atoms with Crippen molar-refractivity contribution in [2.75, 3.05) is 0 Å². The highest BCUT2D eigenvalue weighted by atomic mass is 19.1. The van der Waals surface area contributed by atoms with Crippen molar-refractivity contribution < 1.29 is 21.9 Å². The van der Waals surface area contributed by atoms with Gasteiger partial charge >= 0.3 is 7.12 Å². The van der Waals surface area contributed by atoms with E-state index < -0.39 is 60.3 Å². The zero-order valence-corrected chi connectivity index (χ0v) is 12.2. The summed E-state index contributed by atoms with van der Waals surface area (Å²) >= 11 is 0. The van der Waals surface area contributed by atoms with E-state index in [0.29, 0.717) is 0 Å². The Labute approximate surface area is 132 Å². The molecule has 0 saturated carbocycles. The maximum absolute atomic E-state index is 13.8. The van der Waals surface area contributed by atoms with E-state index in [9.17, 15) is 4.39 Å². The number of rotatable bonds is 2. The lowest BCUT2D eigenvalue weighted by atomic mass is 9.86. The third kappa shape index (κ3) is 2.49. The molecule has 2 heterocycles. The summed E-state index contributed by atoms with van der Waals surface area (Å²) in [6.07, 6.45) is -0.886. The van der Waals surface area contributed by atoms with Crippen molar-refractivity contribution in [3.8, 4) is 5.69 Å². The largest absolute Gasteiger partial charge is 0.516 e. The van der Waals surface area contributed by atoms with E-state index in [1.807, 2.05) is 27.7 Å². The number of nitrogens with zero attached hydrogens (tertiary/aromatic N) is 2. The first kappa shape index (κ1) is 8.71. The molecule has 4 nitrogen and oxygen atoms in total. The Balaban J connectivity index is 2.18. The number of halogens is 1. The van der Waals surface area contributed by atoms with Gasteiger partial charge in [-0.15, -0.1) is 0 Å². The Kier molecular flexibility index (Phi) is 1.94. The Hall–Kier alpha value is -1.66. The molecule has 0 bridgehead atoms. The number of aromatic nitrogens is 2. The van der Waals surface area contributed by atoms with Gasteiger partial charge in [-0.3, -0.25) is 0 Å². The van der Waals surface area contributed by atoms with E-state index in [-0.39, 0.29) is 11.8 Å². The first-order valence-corrected chi connectivity index (χ1v) is 6.48. The molecule has 1 aromatic carbocycles. The molecule has 1 fully saturated rings. The first-order valence-electron chi connectivity index (χ1n) is 9.48. The van der Waals surface area contributed by atoms with Crippen LogP contribution in [0.25, 0.3) is 5.69 Å². The number of imidazole rings is 1. The zero-order chi connectivity index (χ0) is 20.5. The smallest absolute Gasteiger partial charge is 0.398 e. The van der Waals surface area contributed by atoms with E-state index in [2.05, 4.69) is 4.98 Å². The van der Waals surface area contributed by atoms with Crippen LogP contribution in [0.15, 0.2) is 36.6 Å². The third-order valence-electron chi connectivity index (χ3n) is 3.78. The SMILES string of the molecule is [2H]c1c([2H])c(-n2c([2H])nc(B3OC(C)(C)C(C)(C)O3)c2[2H])c([2H])c([2H])c1F. The van der Waals surface area contributed by atoms with Gasteiger partial charge in [-0.2, -0.15) is 0 Å². The number of hydrogen-bond acceptors (Lipinski definition) is 3. The molecule has 0 unspecified atom stereocenters. The maximum Gasteiger partial charge on any atom is 0.516 e. The summed E-state index contributed by atoms with van der Waals surface area (Å²) in [5.74, 6) is -1.29. The van der Waals surface area contributed by atoms with Gasteiger partial charge in [0.15, 0.2) is 0 Å². The fourth-order valence-electron chi connectivity index (χ4n) is 1.84. The zero-order valence-electron chi connectivity index (χ0n) is 18.2. The molecular formula is C15H18BFN2O2. The van der Waals surface area contributed by atoms with Crippen molar-refractivity contribution in [1.29, 1.82) is 0 Å². The molecule has 1 saturated heterocycles. The van der Waals surface area contributed by atoms with Crippen LogP contribution in [0.4, 0.5) is 4.39 Å². The van der Waals surface area contributed by atoms with Gasteiger partial charge in [-0.25, -0.2) is 9.37 Å². The average molecular weight is 294 g/mol. The summed E-state index contributed by atoms with van der Waals surface area (Å²) < 4.78 is 73.8. The molecule has 21 heavy (non-hydrogen) atoms. The fraction of sp³-hybridized carbons (Fsp3) is 0.400. The van der Waals surface area contributed by atoms with Crippen molar-refractivity contribution >= 4 is 12.7 Å². The molecule has 3 rings (SSSR count). The van der Waals surface area contributed by atoms with E-state index in [4.69, 9.17) is 17.5 Å². The fourth-order valence-corrected chi connectivity index (χ4v) is 1.84. The highest BCUT2D eigenvalue weighted by Crippen LogP contribution is 2.36. The first-order chi connectivity index (χ1) is 12.3. The lowest BCUT2D eigenvalue weighted by molar-refractivity contribution is 0.00578. The van der Waals surface area contributed by atoms with Crippen LogP contribution in [-0.2, 0) is 9.31 Å². The minimum absolute atomic E-state index is 0.0279. The Morgan fingerprint density at radius 2 is 1.71 bits per heavy atom. The second kappa shape index (κ2) is 4.68. The maximum atomic E-state index is 13.8. The quantitative estimate of drug-likeness (QED) is 0.798. The second-order valence-electron chi connectivity index (χ2n) is 5.80. The highest BCUT2D eigenvalue weighted by Gasteiger charge is 2.52. The number of hydrogen-bond donors (Lipinski definition) is 0. The van der Waals surface area contributed by atoms with Gasteiger partial charge in [0, 0.05) is 11.9 Å². The molecule has 1 aliphatic heterocycles. The summed E-state index contributed by atoms with van der Waals surface area (Å²) in [7, 11) is -1.04. The van der Waals surface area contributed by atoms with Crippen molar-refractivity contribution in [3.05, 3.63) is 42.5 Å². The van der Waals surface area contributed by atoms with Crippen molar-refractivity contribution in [2.45, 2.75) is 38.9 Å². The molecule has 1 aliphatic rings. The van der Waals surface area contributed by atoms with Crippen molar-refractivity contribution in [3.63, 3.8) is 0 Å². The van der Waals surface area contributed by atoms with Gasteiger partial charge in [-0.05, 0) is 51.9 Å². The van der Waals surface area contributed by atoms with Gasteiger partial charge in [0.1, 0.15) is 7.19 Å². The van der Waals surface area contributed by atoms with Crippen LogP contribution in [0.1, 0.15) is 35.9 Å². The van der Waals surface area contributed by atoms with Crippen LogP contribution < -0.4 is 5.59 Å². The molecule has 0 amide bonds. The average Bonchev–Trinajstić information content (AvgIpc) is 2.97. The van der Waals surface area contributed by atoms with E-state index in [0.717, 1.165) is 4.57 Å². The van der Waals surface area contributed by atoms with Crippen LogP contribution in [-0.4, -0.2) is 27.9 Å². The van der Waals surface area contributed by atoms with Crippen LogP contribution in [0.3, 0.4) is 0 Å². The summed E-state index contributed by atoms with van der Waals surface area (Å²) in [6.45, 7) is 7.27. The highest BCUT2D eigenvalue weighted by molar-refractivity contribution is 6.61. The monoisotopic (exact) mass is 294 g/mol. The summed E-state index contributed by atoms with van der Waals surface area (Å²) in [5.41, 5.74) is -1.84. The standard InChI is InChI=1S/C15H18BFN2O2/c1-14(2)15(3,4)21-16(20-14)13-9-19(10-18-13)12-7-5-11(17)6-8-12/h5-10H,1-4H3/i5D,6D,7D,8D,9D,10D.